The maximum atomic E-state index is 12.6. The first kappa shape index (κ1) is 21.1. The number of fused-ring (bicyclic) bond motifs is 3. The largest absolute Gasteiger partial charge is 0.473 e. The highest BCUT2D eigenvalue weighted by Gasteiger charge is 2.38. The van der Waals surface area contributed by atoms with Crippen LogP contribution in [-0.2, 0) is 11.3 Å². The Bertz CT molecular complexity index is 1460. The van der Waals surface area contributed by atoms with Crippen LogP contribution in [-0.4, -0.2) is 44.1 Å². The van der Waals surface area contributed by atoms with Gasteiger partial charge in [0.1, 0.15) is 17.3 Å². The summed E-state index contributed by atoms with van der Waals surface area (Å²) in [6, 6.07) is 21.2. The normalized spacial score (nSPS) is 16.5. The SMILES string of the molecule is O=C1N=C(CSc2nnc(-c3ccc(Br)o3)n2Cc2ccccc2)N=C2c3ccccc3OC12. The zero-order valence-electron chi connectivity index (χ0n) is 17.6. The number of furan rings is 1. The monoisotopic (exact) mass is 533 g/mol. The van der Waals surface area contributed by atoms with Crippen LogP contribution in [0.1, 0.15) is 11.1 Å². The Kier molecular flexibility index (Phi) is 5.39. The molecule has 0 fully saturated rings. The number of amides is 1. The van der Waals surface area contributed by atoms with Crippen LogP contribution in [0.15, 0.2) is 91.0 Å². The summed E-state index contributed by atoms with van der Waals surface area (Å²) < 4.78 is 14.1. The van der Waals surface area contributed by atoms with Gasteiger partial charge in [-0.1, -0.05) is 54.2 Å². The predicted octanol–water partition coefficient (Wildman–Crippen LogP) is 4.63. The van der Waals surface area contributed by atoms with Crippen molar-refractivity contribution in [2.75, 3.05) is 5.75 Å². The number of benzene rings is 2. The van der Waals surface area contributed by atoms with E-state index in [0.29, 0.717) is 51.0 Å². The van der Waals surface area contributed by atoms with Crippen molar-refractivity contribution in [2.45, 2.75) is 17.8 Å². The van der Waals surface area contributed by atoms with Gasteiger partial charge < -0.3 is 9.15 Å². The van der Waals surface area contributed by atoms with Crippen LogP contribution < -0.4 is 4.74 Å². The number of aliphatic imine (C=N–C) groups is 2. The van der Waals surface area contributed by atoms with Gasteiger partial charge >= 0.3 is 0 Å². The van der Waals surface area contributed by atoms with Crippen molar-refractivity contribution in [3.63, 3.8) is 0 Å². The zero-order chi connectivity index (χ0) is 23.1. The van der Waals surface area contributed by atoms with Crippen LogP contribution in [0.4, 0.5) is 0 Å². The molecule has 8 nitrogen and oxygen atoms in total. The highest BCUT2D eigenvalue weighted by atomic mass is 79.9. The molecule has 2 aromatic carbocycles. The van der Waals surface area contributed by atoms with E-state index >= 15 is 0 Å². The molecule has 34 heavy (non-hydrogen) atoms. The second-order valence-electron chi connectivity index (χ2n) is 7.63. The smallest absolute Gasteiger partial charge is 0.294 e. The molecule has 10 heteroatoms. The molecule has 6 rings (SSSR count). The lowest BCUT2D eigenvalue weighted by molar-refractivity contribution is -0.121. The summed E-state index contributed by atoms with van der Waals surface area (Å²) in [6.45, 7) is 0.563. The van der Waals surface area contributed by atoms with Gasteiger partial charge in [-0.3, -0.25) is 9.36 Å². The van der Waals surface area contributed by atoms with Crippen molar-refractivity contribution < 1.29 is 13.9 Å². The minimum atomic E-state index is -0.767. The van der Waals surface area contributed by atoms with Gasteiger partial charge in [0.05, 0.1) is 12.3 Å². The molecule has 4 heterocycles. The number of hydrogen-bond donors (Lipinski definition) is 0. The Hall–Kier alpha value is -3.50. The molecule has 4 aromatic rings. The molecule has 1 amide bonds. The van der Waals surface area contributed by atoms with E-state index < -0.39 is 6.10 Å². The highest BCUT2D eigenvalue weighted by Crippen LogP contribution is 2.32. The molecule has 2 aliphatic heterocycles. The number of aromatic nitrogens is 3. The third-order valence-electron chi connectivity index (χ3n) is 5.39. The quantitative estimate of drug-likeness (QED) is 0.335. The number of amidine groups is 1. The van der Waals surface area contributed by atoms with Gasteiger partial charge in [0.15, 0.2) is 15.6 Å². The van der Waals surface area contributed by atoms with Gasteiger partial charge in [-0.05, 0) is 45.8 Å². The number of carbonyl (C=O) groups excluding carboxylic acids is 1. The Morgan fingerprint density at radius 1 is 0.971 bits per heavy atom. The Labute approximate surface area is 206 Å². The number of carbonyl (C=O) groups is 1. The molecule has 0 bridgehead atoms. The molecular formula is C24H16BrN5O3S. The average molecular weight is 534 g/mol. The van der Waals surface area contributed by atoms with Crippen LogP contribution in [0.5, 0.6) is 5.75 Å². The summed E-state index contributed by atoms with van der Waals surface area (Å²) in [6.07, 6.45) is -0.767. The molecule has 1 unspecified atom stereocenters. The van der Waals surface area contributed by atoms with Crippen LogP contribution in [0.2, 0.25) is 0 Å². The molecule has 0 saturated heterocycles. The molecule has 0 N–H and O–H groups in total. The molecular weight excluding hydrogens is 518 g/mol. The molecule has 2 aromatic heterocycles. The van der Waals surface area contributed by atoms with Gasteiger partial charge in [-0.2, -0.15) is 4.99 Å². The lowest BCUT2D eigenvalue weighted by atomic mass is 10.1. The van der Waals surface area contributed by atoms with Crippen molar-refractivity contribution in [3.05, 3.63) is 82.5 Å². The topological polar surface area (TPSA) is 94.9 Å². The molecule has 0 spiro atoms. The fourth-order valence-electron chi connectivity index (χ4n) is 3.86. The number of thioether (sulfide) groups is 1. The fraction of sp³-hybridized carbons (Fsp3) is 0.125. The fourth-order valence-corrected chi connectivity index (χ4v) is 4.95. The van der Waals surface area contributed by atoms with Gasteiger partial charge in [-0.25, -0.2) is 4.99 Å². The van der Waals surface area contributed by atoms with Gasteiger partial charge in [0.25, 0.3) is 5.91 Å². The van der Waals surface area contributed by atoms with E-state index in [-0.39, 0.29) is 5.91 Å². The number of rotatable bonds is 6. The van der Waals surface area contributed by atoms with Crippen molar-refractivity contribution in [1.82, 2.24) is 14.8 Å². The van der Waals surface area contributed by atoms with Crippen LogP contribution >= 0.6 is 27.7 Å². The lowest BCUT2D eigenvalue weighted by Crippen LogP contribution is -2.35. The Balaban J connectivity index is 1.29. The number of hydrogen-bond acceptors (Lipinski definition) is 7. The van der Waals surface area contributed by atoms with E-state index in [1.807, 2.05) is 71.3 Å². The van der Waals surface area contributed by atoms with E-state index in [9.17, 15) is 4.79 Å². The molecule has 0 saturated carbocycles. The first-order chi connectivity index (χ1) is 16.7. The van der Waals surface area contributed by atoms with Gasteiger partial charge in [-0.15, -0.1) is 10.2 Å². The van der Waals surface area contributed by atoms with Crippen LogP contribution in [0.25, 0.3) is 11.6 Å². The predicted molar refractivity (Wildman–Crippen MR) is 132 cm³/mol. The number of nitrogens with zero attached hydrogens (tertiary/aromatic N) is 5. The summed E-state index contributed by atoms with van der Waals surface area (Å²) in [5.41, 5.74) is 2.54. The van der Waals surface area contributed by atoms with Crippen molar-refractivity contribution >= 4 is 45.1 Å². The number of para-hydroxylation sites is 1. The molecule has 1 atom stereocenters. The van der Waals surface area contributed by atoms with E-state index in [1.54, 1.807) is 0 Å². The Morgan fingerprint density at radius 3 is 2.62 bits per heavy atom. The number of halogens is 1. The first-order valence-corrected chi connectivity index (χ1v) is 12.3. The van der Waals surface area contributed by atoms with E-state index in [1.165, 1.54) is 11.8 Å². The van der Waals surface area contributed by atoms with Gasteiger partial charge in [0, 0.05) is 5.56 Å². The standard InChI is InChI=1S/C24H16BrN5O3S/c25-18-11-10-17(32-18)22-28-29-24(30(22)12-14-6-2-1-3-7-14)34-13-19-26-20-15-8-4-5-9-16(15)33-21(20)23(31)27-19/h1-11,21H,12-13H2. The third-order valence-corrected chi connectivity index (χ3v) is 6.78. The lowest BCUT2D eigenvalue weighted by Gasteiger charge is -2.14. The van der Waals surface area contributed by atoms with E-state index in [0.717, 1.165) is 11.1 Å². The van der Waals surface area contributed by atoms with E-state index in [4.69, 9.17) is 9.15 Å². The highest BCUT2D eigenvalue weighted by molar-refractivity contribution is 9.10. The summed E-state index contributed by atoms with van der Waals surface area (Å²) in [5.74, 6) is 2.32. The molecule has 168 valence electrons. The van der Waals surface area contributed by atoms with Crippen LogP contribution in [0, 0.1) is 0 Å². The Morgan fingerprint density at radius 2 is 1.79 bits per heavy atom. The third kappa shape index (κ3) is 3.88. The summed E-state index contributed by atoms with van der Waals surface area (Å²) in [7, 11) is 0. The summed E-state index contributed by atoms with van der Waals surface area (Å²) >= 11 is 4.77. The zero-order valence-corrected chi connectivity index (χ0v) is 20.0. The van der Waals surface area contributed by atoms with Crippen molar-refractivity contribution in [2.24, 2.45) is 9.98 Å². The van der Waals surface area contributed by atoms with E-state index in [2.05, 4.69) is 36.1 Å². The second-order valence-corrected chi connectivity index (χ2v) is 9.35. The number of ether oxygens (including phenoxy) is 1. The van der Waals surface area contributed by atoms with Crippen LogP contribution in [0.3, 0.4) is 0 Å². The van der Waals surface area contributed by atoms with Crippen molar-refractivity contribution in [3.8, 4) is 17.3 Å². The summed E-state index contributed by atoms with van der Waals surface area (Å²) in [5, 5.41) is 9.44. The molecule has 0 radical (unpaired) electrons. The second kappa shape index (κ2) is 8.69. The first-order valence-electron chi connectivity index (χ1n) is 10.5. The summed E-state index contributed by atoms with van der Waals surface area (Å²) in [4.78, 5) is 21.4. The van der Waals surface area contributed by atoms with Gasteiger partial charge in [0.2, 0.25) is 11.9 Å². The minimum absolute atomic E-state index is 0.344. The maximum Gasteiger partial charge on any atom is 0.294 e. The minimum Gasteiger partial charge on any atom is -0.473 e. The molecule has 2 aliphatic rings. The maximum absolute atomic E-state index is 12.6. The van der Waals surface area contributed by atoms with Crippen molar-refractivity contribution in [1.29, 1.82) is 0 Å². The molecule has 0 aliphatic carbocycles. The average Bonchev–Trinajstić information content (AvgIpc) is 3.56.